The van der Waals surface area contributed by atoms with Gasteiger partial charge in [-0.25, -0.2) is 14.2 Å². The van der Waals surface area contributed by atoms with Crippen LogP contribution in [0.15, 0.2) is 55.4 Å². The van der Waals surface area contributed by atoms with Gasteiger partial charge in [0, 0.05) is 48.3 Å². The van der Waals surface area contributed by atoms with Crippen LogP contribution < -0.4 is 5.32 Å². The van der Waals surface area contributed by atoms with Crippen molar-refractivity contribution in [3.05, 3.63) is 72.1 Å². The number of nitrogens with one attached hydrogen (secondary N) is 1. The van der Waals surface area contributed by atoms with Crippen LogP contribution in [0.25, 0.3) is 5.65 Å². The molecule has 5 rings (SSSR count). The van der Waals surface area contributed by atoms with Crippen molar-refractivity contribution in [3.8, 4) is 0 Å². The monoisotopic (exact) mass is 345 g/mol. The van der Waals surface area contributed by atoms with Crippen LogP contribution in [-0.2, 0) is 11.3 Å². The van der Waals surface area contributed by atoms with Crippen LogP contribution in [0.3, 0.4) is 0 Å². The number of nitrogens with zero attached hydrogens (tertiary/aromatic N) is 6. The van der Waals surface area contributed by atoms with Gasteiger partial charge in [0.15, 0.2) is 5.65 Å². The van der Waals surface area contributed by atoms with Crippen LogP contribution in [0.1, 0.15) is 29.0 Å². The van der Waals surface area contributed by atoms with Crippen molar-refractivity contribution in [2.45, 2.75) is 18.9 Å². The molecule has 5 heterocycles. The topological polar surface area (TPSA) is 90.0 Å². The number of rotatable bonds is 3. The number of hydrogen-bond donors (Lipinski definition) is 1. The van der Waals surface area contributed by atoms with Gasteiger partial charge in [-0.05, 0) is 17.7 Å². The highest BCUT2D eigenvalue weighted by Gasteiger charge is 2.32. The summed E-state index contributed by atoms with van der Waals surface area (Å²) in [4.78, 5) is 20.9. The lowest BCUT2D eigenvalue weighted by Gasteiger charge is -2.22. The quantitative estimate of drug-likeness (QED) is 0.612. The van der Waals surface area contributed by atoms with Crippen molar-refractivity contribution < 1.29 is 4.79 Å². The lowest BCUT2D eigenvalue weighted by Crippen LogP contribution is -2.25. The van der Waals surface area contributed by atoms with E-state index in [9.17, 15) is 4.79 Å². The molecule has 0 spiro atoms. The van der Waals surface area contributed by atoms with Gasteiger partial charge in [0.2, 0.25) is 5.91 Å². The number of carbonyl (C=O) groups is 1. The van der Waals surface area contributed by atoms with Crippen molar-refractivity contribution in [1.82, 2.24) is 29.4 Å². The van der Waals surface area contributed by atoms with E-state index in [1.54, 1.807) is 34.0 Å². The summed E-state index contributed by atoms with van der Waals surface area (Å²) in [5.74, 6) is 0.574. The van der Waals surface area contributed by atoms with Crippen molar-refractivity contribution in [3.63, 3.8) is 0 Å². The summed E-state index contributed by atoms with van der Waals surface area (Å²) in [5, 5.41) is 11.8. The number of amides is 1. The standard InChI is InChI=1S/C18H15N7O/c26-16-7-13(14-9-21-24-6-2-5-20-17(14)24)15-10-22-25(18(15)23-16)11-12-3-1-4-19-8-12/h1-6,8-10,13H,7,11H2,(H,23,26). The van der Waals surface area contributed by atoms with Crippen molar-refractivity contribution in [2.24, 2.45) is 0 Å². The molecule has 8 nitrogen and oxygen atoms in total. The largest absolute Gasteiger partial charge is 0.311 e. The molecule has 1 unspecified atom stereocenters. The fraction of sp³-hybridized carbons (Fsp3) is 0.167. The van der Waals surface area contributed by atoms with Gasteiger partial charge in [-0.3, -0.25) is 9.78 Å². The maximum atomic E-state index is 12.4. The maximum absolute atomic E-state index is 12.4. The van der Waals surface area contributed by atoms with Gasteiger partial charge < -0.3 is 5.32 Å². The van der Waals surface area contributed by atoms with Crippen LogP contribution in [0.4, 0.5) is 5.82 Å². The van der Waals surface area contributed by atoms with E-state index in [1.165, 1.54) is 0 Å². The predicted molar refractivity (Wildman–Crippen MR) is 93.6 cm³/mol. The Hall–Kier alpha value is -3.55. The molecule has 4 aromatic rings. The first kappa shape index (κ1) is 14.8. The maximum Gasteiger partial charge on any atom is 0.226 e. The Balaban J connectivity index is 1.58. The summed E-state index contributed by atoms with van der Waals surface area (Å²) < 4.78 is 3.52. The van der Waals surface area contributed by atoms with Gasteiger partial charge in [-0.2, -0.15) is 10.2 Å². The lowest BCUT2D eigenvalue weighted by molar-refractivity contribution is -0.116. The molecule has 1 aliphatic heterocycles. The molecule has 26 heavy (non-hydrogen) atoms. The second-order valence-electron chi connectivity index (χ2n) is 6.26. The van der Waals surface area contributed by atoms with E-state index in [1.807, 2.05) is 30.6 Å². The molecule has 1 atom stereocenters. The molecule has 1 amide bonds. The number of carbonyl (C=O) groups excluding carboxylic acids is 1. The van der Waals surface area contributed by atoms with Crippen LogP contribution >= 0.6 is 0 Å². The van der Waals surface area contributed by atoms with Gasteiger partial charge >= 0.3 is 0 Å². The number of hydrogen-bond acceptors (Lipinski definition) is 5. The summed E-state index contributed by atoms with van der Waals surface area (Å²) in [6.07, 6.45) is 11.1. The molecule has 0 saturated carbocycles. The minimum atomic E-state index is -0.117. The molecule has 0 aliphatic carbocycles. The Morgan fingerprint density at radius 1 is 1.12 bits per heavy atom. The summed E-state index contributed by atoms with van der Waals surface area (Å²) in [6.45, 7) is 0.545. The Morgan fingerprint density at radius 3 is 2.92 bits per heavy atom. The molecule has 0 aromatic carbocycles. The first-order chi connectivity index (χ1) is 12.8. The van der Waals surface area contributed by atoms with E-state index in [0.29, 0.717) is 13.0 Å². The van der Waals surface area contributed by atoms with Gasteiger partial charge in [-0.1, -0.05) is 6.07 Å². The Bertz CT molecular complexity index is 1100. The molecular weight excluding hydrogens is 330 g/mol. The molecule has 0 fully saturated rings. The molecule has 4 aromatic heterocycles. The van der Waals surface area contributed by atoms with E-state index >= 15 is 0 Å². The highest BCUT2D eigenvalue weighted by atomic mass is 16.1. The van der Waals surface area contributed by atoms with Crippen LogP contribution in [0.2, 0.25) is 0 Å². The molecule has 1 aliphatic rings. The number of fused-ring (bicyclic) bond motifs is 2. The molecule has 8 heteroatoms. The third kappa shape index (κ3) is 2.34. The van der Waals surface area contributed by atoms with E-state index in [2.05, 4.69) is 25.5 Å². The molecule has 128 valence electrons. The van der Waals surface area contributed by atoms with Crippen LogP contribution in [-0.4, -0.2) is 35.3 Å². The smallest absolute Gasteiger partial charge is 0.226 e. The molecular formula is C18H15N7O. The molecule has 0 saturated heterocycles. The number of pyridine rings is 1. The van der Waals surface area contributed by atoms with Crippen molar-refractivity contribution in [2.75, 3.05) is 5.32 Å². The second kappa shape index (κ2) is 5.76. The average Bonchev–Trinajstić information content (AvgIpc) is 3.27. The van der Waals surface area contributed by atoms with E-state index < -0.39 is 0 Å². The van der Waals surface area contributed by atoms with Crippen molar-refractivity contribution in [1.29, 1.82) is 0 Å². The van der Waals surface area contributed by atoms with E-state index in [0.717, 1.165) is 28.2 Å². The Labute approximate surface area is 148 Å². The molecule has 0 bridgehead atoms. The number of aromatic nitrogens is 6. The average molecular weight is 345 g/mol. The van der Waals surface area contributed by atoms with Crippen LogP contribution in [0.5, 0.6) is 0 Å². The highest BCUT2D eigenvalue weighted by molar-refractivity contribution is 5.94. The third-order valence-electron chi connectivity index (χ3n) is 4.63. The third-order valence-corrected chi connectivity index (χ3v) is 4.63. The number of anilines is 1. The van der Waals surface area contributed by atoms with Gasteiger partial charge in [0.1, 0.15) is 5.82 Å². The van der Waals surface area contributed by atoms with Gasteiger partial charge in [0.25, 0.3) is 0 Å². The highest BCUT2D eigenvalue weighted by Crippen LogP contribution is 2.38. The summed E-state index contributed by atoms with van der Waals surface area (Å²) in [5.41, 5.74) is 3.70. The van der Waals surface area contributed by atoms with Crippen molar-refractivity contribution >= 4 is 17.4 Å². The minimum absolute atomic E-state index is 0.0364. The normalized spacial score (nSPS) is 16.5. The lowest BCUT2D eigenvalue weighted by atomic mass is 9.89. The first-order valence-corrected chi connectivity index (χ1v) is 8.32. The fourth-order valence-corrected chi connectivity index (χ4v) is 3.42. The Morgan fingerprint density at radius 2 is 2.04 bits per heavy atom. The molecule has 1 N–H and O–H groups in total. The van der Waals surface area contributed by atoms with E-state index in [-0.39, 0.29) is 11.8 Å². The zero-order valence-electron chi connectivity index (χ0n) is 13.8. The zero-order valence-corrected chi connectivity index (χ0v) is 13.8. The zero-order chi connectivity index (χ0) is 17.5. The van der Waals surface area contributed by atoms with Crippen LogP contribution in [0, 0.1) is 0 Å². The predicted octanol–water partition coefficient (Wildman–Crippen LogP) is 1.84. The SMILES string of the molecule is O=C1CC(c2cnn3cccnc23)c2cnn(Cc3cccnc3)c2N1. The fourth-order valence-electron chi connectivity index (χ4n) is 3.42. The summed E-state index contributed by atoms with van der Waals surface area (Å²) in [7, 11) is 0. The van der Waals surface area contributed by atoms with Gasteiger partial charge in [0.05, 0.1) is 18.9 Å². The first-order valence-electron chi connectivity index (χ1n) is 8.32. The summed E-state index contributed by atoms with van der Waals surface area (Å²) >= 11 is 0. The minimum Gasteiger partial charge on any atom is -0.311 e. The molecule has 0 radical (unpaired) electrons. The summed E-state index contributed by atoms with van der Waals surface area (Å²) in [6, 6.07) is 5.70. The Kier molecular flexibility index (Phi) is 3.27. The second-order valence-corrected chi connectivity index (χ2v) is 6.26. The van der Waals surface area contributed by atoms with E-state index in [4.69, 9.17) is 0 Å². The van der Waals surface area contributed by atoms with Gasteiger partial charge in [-0.15, -0.1) is 0 Å².